The average molecular weight is 375 g/mol. The van der Waals surface area contributed by atoms with Gasteiger partial charge < -0.3 is 0 Å². The van der Waals surface area contributed by atoms with E-state index < -0.39 is 0 Å². The number of hydrogen-bond acceptors (Lipinski definition) is 6. The van der Waals surface area contributed by atoms with E-state index in [2.05, 4.69) is 15.3 Å². The second kappa shape index (κ2) is 7.20. The van der Waals surface area contributed by atoms with Crippen molar-refractivity contribution in [2.45, 2.75) is 20.3 Å². The van der Waals surface area contributed by atoms with Crippen molar-refractivity contribution in [2.75, 3.05) is 5.32 Å². The summed E-state index contributed by atoms with van der Waals surface area (Å²) in [6, 6.07) is 6.20. The topological polar surface area (TPSA) is 72.0 Å². The maximum absolute atomic E-state index is 13.0. The zero-order chi connectivity index (χ0) is 18.0. The van der Waals surface area contributed by atoms with Crippen LogP contribution in [0.4, 0.5) is 9.52 Å². The van der Waals surface area contributed by atoms with Gasteiger partial charge in [-0.1, -0.05) is 23.5 Å². The minimum Gasteiger partial charge on any atom is -0.297 e. The molecule has 0 spiro atoms. The molecule has 0 aliphatic rings. The summed E-state index contributed by atoms with van der Waals surface area (Å²) in [5.74, 6) is -0.675. The van der Waals surface area contributed by atoms with Gasteiger partial charge in [0.1, 0.15) is 10.7 Å². The lowest BCUT2D eigenvalue weighted by molar-refractivity contribution is 0.101. The van der Waals surface area contributed by atoms with Gasteiger partial charge in [-0.2, -0.15) is 0 Å². The zero-order valence-electron chi connectivity index (χ0n) is 13.5. The summed E-state index contributed by atoms with van der Waals surface area (Å²) < 4.78 is 13.0. The van der Waals surface area contributed by atoms with Gasteiger partial charge in [-0.05, 0) is 24.6 Å². The molecule has 0 radical (unpaired) electrons. The van der Waals surface area contributed by atoms with Crippen molar-refractivity contribution in [1.82, 2.24) is 9.97 Å². The Morgan fingerprint density at radius 2 is 1.92 bits per heavy atom. The first kappa shape index (κ1) is 17.4. The Labute approximate surface area is 151 Å². The molecule has 25 heavy (non-hydrogen) atoms. The van der Waals surface area contributed by atoms with E-state index >= 15 is 0 Å². The molecule has 5 nitrogen and oxygen atoms in total. The van der Waals surface area contributed by atoms with Gasteiger partial charge in [0.2, 0.25) is 0 Å². The standard InChI is InChI=1S/C17H14FN3O2S2/c1-9-15(16(23)21-17-19-8-13(24-17)10(2)22)25-14(20-9)7-11-3-5-12(18)6-4-11/h3-6,8H,7H2,1-2H3,(H,19,21,23). The number of nitrogens with one attached hydrogen (secondary N) is 1. The molecule has 0 bridgehead atoms. The van der Waals surface area contributed by atoms with Crippen molar-refractivity contribution >= 4 is 39.5 Å². The molecule has 0 unspecified atom stereocenters. The Bertz CT molecular complexity index is 932. The number of Topliss-reactive ketones (excluding diaryl/α,β-unsaturated/α-hetero) is 1. The van der Waals surface area contributed by atoms with Crippen molar-refractivity contribution < 1.29 is 14.0 Å². The normalized spacial score (nSPS) is 10.7. The monoisotopic (exact) mass is 375 g/mol. The van der Waals surface area contributed by atoms with Crippen molar-refractivity contribution in [1.29, 1.82) is 0 Å². The van der Waals surface area contributed by atoms with Crippen LogP contribution in [0.2, 0.25) is 0 Å². The smallest absolute Gasteiger partial charge is 0.269 e. The number of amides is 1. The molecule has 0 aliphatic heterocycles. The number of thiazole rings is 2. The summed E-state index contributed by atoms with van der Waals surface area (Å²) in [7, 11) is 0. The van der Waals surface area contributed by atoms with Gasteiger partial charge >= 0.3 is 0 Å². The van der Waals surface area contributed by atoms with Crippen LogP contribution in [-0.4, -0.2) is 21.7 Å². The van der Waals surface area contributed by atoms with Gasteiger partial charge in [-0.15, -0.1) is 11.3 Å². The van der Waals surface area contributed by atoms with Crippen molar-refractivity contribution in [3.05, 3.63) is 62.3 Å². The number of aryl methyl sites for hydroxylation is 1. The number of carbonyl (C=O) groups is 2. The van der Waals surface area contributed by atoms with Crippen molar-refractivity contribution in [3.63, 3.8) is 0 Å². The Morgan fingerprint density at radius 3 is 2.56 bits per heavy atom. The number of hydrogen-bond donors (Lipinski definition) is 1. The first-order chi connectivity index (χ1) is 11.9. The Morgan fingerprint density at radius 1 is 1.20 bits per heavy atom. The van der Waals surface area contributed by atoms with Gasteiger partial charge in [-0.3, -0.25) is 14.9 Å². The third kappa shape index (κ3) is 4.15. The summed E-state index contributed by atoms with van der Waals surface area (Å²) >= 11 is 2.43. The molecule has 3 aromatic rings. The van der Waals surface area contributed by atoms with E-state index in [1.54, 1.807) is 19.1 Å². The number of aromatic nitrogens is 2. The molecule has 0 atom stereocenters. The van der Waals surface area contributed by atoms with Gasteiger partial charge in [0.15, 0.2) is 10.9 Å². The van der Waals surface area contributed by atoms with E-state index in [0.717, 1.165) is 21.9 Å². The molecule has 0 saturated carbocycles. The van der Waals surface area contributed by atoms with E-state index in [0.29, 0.717) is 27.0 Å². The summed E-state index contributed by atoms with van der Waals surface area (Å²) in [5, 5.41) is 3.85. The van der Waals surface area contributed by atoms with E-state index in [9.17, 15) is 14.0 Å². The van der Waals surface area contributed by atoms with Gasteiger partial charge in [0.25, 0.3) is 5.91 Å². The summed E-state index contributed by atoms with van der Waals surface area (Å²) in [4.78, 5) is 33.1. The first-order valence-electron chi connectivity index (χ1n) is 7.41. The fraction of sp³-hybridized carbons (Fsp3) is 0.176. The van der Waals surface area contributed by atoms with Crippen LogP contribution in [0.3, 0.4) is 0 Å². The molecule has 0 aliphatic carbocycles. The average Bonchev–Trinajstić information content (AvgIpc) is 3.16. The fourth-order valence-corrected chi connectivity index (χ4v) is 3.86. The maximum atomic E-state index is 13.0. The summed E-state index contributed by atoms with van der Waals surface area (Å²) in [6.45, 7) is 3.22. The quantitative estimate of drug-likeness (QED) is 0.682. The van der Waals surface area contributed by atoms with Gasteiger partial charge in [0, 0.05) is 13.3 Å². The van der Waals surface area contributed by atoms with Gasteiger partial charge in [0.05, 0.1) is 21.8 Å². The molecular formula is C17H14FN3O2S2. The van der Waals surface area contributed by atoms with E-state index in [1.165, 1.54) is 36.6 Å². The lowest BCUT2D eigenvalue weighted by Gasteiger charge is -1.99. The molecule has 3 rings (SSSR count). The number of halogens is 1. The molecule has 1 aromatic carbocycles. The molecule has 0 fully saturated rings. The van der Waals surface area contributed by atoms with Crippen LogP contribution in [0.1, 0.15) is 42.5 Å². The zero-order valence-corrected chi connectivity index (χ0v) is 15.1. The SMILES string of the molecule is CC(=O)c1cnc(NC(=O)c2sc(Cc3ccc(F)cc3)nc2C)s1. The highest BCUT2D eigenvalue weighted by atomic mass is 32.1. The first-order valence-corrected chi connectivity index (χ1v) is 9.04. The van der Waals surface area contributed by atoms with E-state index in [4.69, 9.17) is 0 Å². The highest BCUT2D eigenvalue weighted by Crippen LogP contribution is 2.24. The Kier molecular flexibility index (Phi) is 5.00. The lowest BCUT2D eigenvalue weighted by Crippen LogP contribution is -2.11. The summed E-state index contributed by atoms with van der Waals surface area (Å²) in [6.07, 6.45) is 1.98. The number of anilines is 1. The molecule has 0 saturated heterocycles. The highest BCUT2D eigenvalue weighted by Gasteiger charge is 2.17. The van der Waals surface area contributed by atoms with Crippen LogP contribution in [0.5, 0.6) is 0 Å². The number of benzene rings is 1. The largest absolute Gasteiger partial charge is 0.297 e. The fourth-order valence-electron chi connectivity index (χ4n) is 2.16. The molecule has 8 heteroatoms. The Balaban J connectivity index is 1.73. The number of ketones is 1. The number of carbonyl (C=O) groups excluding carboxylic acids is 2. The Hall–Kier alpha value is -2.45. The third-order valence-electron chi connectivity index (χ3n) is 3.39. The number of rotatable bonds is 5. The summed E-state index contributed by atoms with van der Waals surface area (Å²) in [5.41, 5.74) is 1.55. The van der Waals surface area contributed by atoms with Crippen LogP contribution in [0.15, 0.2) is 30.5 Å². The molecule has 1 amide bonds. The van der Waals surface area contributed by atoms with E-state index in [1.807, 2.05) is 0 Å². The van der Waals surface area contributed by atoms with Crippen molar-refractivity contribution in [2.24, 2.45) is 0 Å². The second-order valence-electron chi connectivity index (χ2n) is 5.37. The molecular weight excluding hydrogens is 361 g/mol. The van der Waals surface area contributed by atoms with Crippen LogP contribution < -0.4 is 5.32 Å². The second-order valence-corrected chi connectivity index (χ2v) is 7.48. The van der Waals surface area contributed by atoms with Crippen LogP contribution >= 0.6 is 22.7 Å². The number of nitrogens with zero attached hydrogens (tertiary/aromatic N) is 2. The predicted octanol–water partition coefficient (Wildman–Crippen LogP) is 4.09. The van der Waals surface area contributed by atoms with Crippen LogP contribution in [0, 0.1) is 12.7 Å². The minimum atomic E-state index is -0.301. The van der Waals surface area contributed by atoms with Crippen LogP contribution in [-0.2, 0) is 6.42 Å². The third-order valence-corrected chi connectivity index (χ3v) is 5.56. The molecule has 1 N–H and O–H groups in total. The lowest BCUT2D eigenvalue weighted by atomic mass is 10.1. The highest BCUT2D eigenvalue weighted by molar-refractivity contribution is 7.18. The minimum absolute atomic E-state index is 0.0893. The van der Waals surface area contributed by atoms with Gasteiger partial charge in [-0.25, -0.2) is 14.4 Å². The van der Waals surface area contributed by atoms with Crippen molar-refractivity contribution in [3.8, 4) is 0 Å². The molecule has 2 heterocycles. The van der Waals surface area contributed by atoms with Crippen LogP contribution in [0.25, 0.3) is 0 Å². The molecule has 128 valence electrons. The molecule has 2 aromatic heterocycles. The maximum Gasteiger partial charge on any atom is 0.269 e. The van der Waals surface area contributed by atoms with E-state index in [-0.39, 0.29) is 17.5 Å². The predicted molar refractivity (Wildman–Crippen MR) is 96.1 cm³/mol.